The lowest BCUT2D eigenvalue weighted by molar-refractivity contribution is -0.275. The summed E-state index contributed by atoms with van der Waals surface area (Å²) in [7, 11) is 3.23. The topological polar surface area (TPSA) is 30.5 Å². The highest BCUT2D eigenvalue weighted by Crippen LogP contribution is 2.31. The summed E-state index contributed by atoms with van der Waals surface area (Å²) in [6.45, 7) is 0.450. The summed E-state index contributed by atoms with van der Waals surface area (Å²) in [5, 5.41) is 2.95. The van der Waals surface area contributed by atoms with Crippen molar-refractivity contribution in [2.24, 2.45) is 0 Å². The fourth-order valence-corrected chi connectivity index (χ4v) is 1.68. The van der Waals surface area contributed by atoms with E-state index in [9.17, 15) is 13.2 Å². The minimum atomic E-state index is -4.68. The molecule has 1 rings (SSSR count). The first-order valence-electron chi connectivity index (χ1n) is 5.49. The van der Waals surface area contributed by atoms with Crippen molar-refractivity contribution in [2.75, 3.05) is 20.8 Å². The smallest absolute Gasteiger partial charge is 0.405 e. The summed E-state index contributed by atoms with van der Waals surface area (Å²) < 4.78 is 45.8. The van der Waals surface area contributed by atoms with Crippen molar-refractivity contribution >= 4 is 0 Å². The number of hydrogen-bond donors (Lipinski definition) is 1. The van der Waals surface area contributed by atoms with E-state index >= 15 is 0 Å². The van der Waals surface area contributed by atoms with Crippen LogP contribution in [0, 0.1) is 0 Å². The van der Waals surface area contributed by atoms with Crippen molar-refractivity contribution in [3.8, 4) is 5.75 Å². The van der Waals surface area contributed by atoms with Crippen molar-refractivity contribution in [3.05, 3.63) is 29.8 Å². The third-order valence-corrected chi connectivity index (χ3v) is 2.48. The number of halogens is 3. The Morgan fingerprint density at radius 2 is 1.94 bits per heavy atom. The van der Waals surface area contributed by atoms with Crippen molar-refractivity contribution in [3.63, 3.8) is 0 Å². The van der Waals surface area contributed by atoms with Gasteiger partial charge in [-0.2, -0.15) is 0 Å². The second-order valence-corrected chi connectivity index (χ2v) is 3.71. The minimum absolute atomic E-state index is 0.180. The SMILES string of the molecule is CNC(CCOC)c1ccccc1OC(F)(F)F. The first kappa shape index (κ1) is 14.8. The van der Waals surface area contributed by atoms with Crippen LogP contribution in [0.25, 0.3) is 0 Å². The van der Waals surface area contributed by atoms with E-state index in [1.165, 1.54) is 12.1 Å². The molecule has 0 fully saturated rings. The highest BCUT2D eigenvalue weighted by molar-refractivity contribution is 5.36. The van der Waals surface area contributed by atoms with Gasteiger partial charge in [-0.1, -0.05) is 18.2 Å². The van der Waals surface area contributed by atoms with E-state index < -0.39 is 6.36 Å². The maximum absolute atomic E-state index is 12.3. The third-order valence-electron chi connectivity index (χ3n) is 2.48. The van der Waals surface area contributed by atoms with E-state index in [4.69, 9.17) is 4.74 Å². The molecule has 0 heterocycles. The number of para-hydroxylation sites is 1. The monoisotopic (exact) mass is 263 g/mol. The van der Waals surface area contributed by atoms with Gasteiger partial charge in [0.05, 0.1) is 0 Å². The Balaban J connectivity index is 2.91. The Labute approximate surface area is 104 Å². The molecule has 0 aliphatic heterocycles. The van der Waals surface area contributed by atoms with Gasteiger partial charge in [-0.15, -0.1) is 13.2 Å². The van der Waals surface area contributed by atoms with Gasteiger partial charge < -0.3 is 14.8 Å². The predicted molar refractivity (Wildman–Crippen MR) is 61.4 cm³/mol. The Morgan fingerprint density at radius 3 is 2.50 bits per heavy atom. The second kappa shape index (κ2) is 6.61. The van der Waals surface area contributed by atoms with Gasteiger partial charge in [-0.25, -0.2) is 0 Å². The first-order valence-corrected chi connectivity index (χ1v) is 5.49. The Bertz CT molecular complexity index is 369. The molecule has 1 aromatic rings. The standard InChI is InChI=1S/C12H16F3NO2/c1-16-10(7-8-17-2)9-5-3-4-6-11(9)18-12(13,14)15/h3-6,10,16H,7-8H2,1-2H3. The van der Waals surface area contributed by atoms with Crippen LogP contribution in [0.5, 0.6) is 5.75 Å². The van der Waals surface area contributed by atoms with Crippen LogP contribution in [0.15, 0.2) is 24.3 Å². The summed E-state index contributed by atoms with van der Waals surface area (Å²) in [5.41, 5.74) is 0.467. The highest BCUT2D eigenvalue weighted by atomic mass is 19.4. The fourth-order valence-electron chi connectivity index (χ4n) is 1.68. The van der Waals surface area contributed by atoms with Gasteiger partial charge in [0.25, 0.3) is 0 Å². The average molecular weight is 263 g/mol. The minimum Gasteiger partial charge on any atom is -0.405 e. The third kappa shape index (κ3) is 4.54. The molecule has 1 N–H and O–H groups in total. The van der Waals surface area contributed by atoms with Crippen LogP contribution in [-0.2, 0) is 4.74 Å². The lowest BCUT2D eigenvalue weighted by Gasteiger charge is -2.20. The number of ether oxygens (including phenoxy) is 2. The van der Waals surface area contributed by atoms with E-state index in [-0.39, 0.29) is 11.8 Å². The number of methoxy groups -OCH3 is 1. The van der Waals surface area contributed by atoms with Crippen molar-refractivity contribution in [1.82, 2.24) is 5.32 Å². The Hall–Kier alpha value is -1.27. The molecule has 0 saturated carbocycles. The van der Waals surface area contributed by atoms with E-state index in [0.29, 0.717) is 18.6 Å². The molecule has 1 unspecified atom stereocenters. The van der Waals surface area contributed by atoms with E-state index in [1.54, 1.807) is 26.3 Å². The normalized spacial score (nSPS) is 13.4. The summed E-state index contributed by atoms with van der Waals surface area (Å²) in [6, 6.07) is 5.85. The molecule has 0 amide bonds. The molecule has 0 aliphatic rings. The zero-order valence-electron chi connectivity index (χ0n) is 10.3. The zero-order valence-corrected chi connectivity index (χ0v) is 10.3. The van der Waals surface area contributed by atoms with Crippen molar-refractivity contribution in [1.29, 1.82) is 0 Å². The Morgan fingerprint density at radius 1 is 1.28 bits per heavy atom. The molecule has 18 heavy (non-hydrogen) atoms. The molecule has 0 radical (unpaired) electrons. The fraction of sp³-hybridized carbons (Fsp3) is 0.500. The lowest BCUT2D eigenvalue weighted by Crippen LogP contribution is -2.22. The first-order chi connectivity index (χ1) is 8.48. The van der Waals surface area contributed by atoms with Crippen LogP contribution < -0.4 is 10.1 Å². The van der Waals surface area contributed by atoms with Gasteiger partial charge >= 0.3 is 6.36 Å². The second-order valence-electron chi connectivity index (χ2n) is 3.71. The van der Waals surface area contributed by atoms with Crippen LogP contribution in [0.3, 0.4) is 0 Å². The molecule has 1 atom stereocenters. The molecular formula is C12H16F3NO2. The van der Waals surface area contributed by atoms with Crippen LogP contribution in [0.1, 0.15) is 18.0 Å². The molecule has 6 heteroatoms. The lowest BCUT2D eigenvalue weighted by atomic mass is 10.0. The van der Waals surface area contributed by atoms with Crippen LogP contribution >= 0.6 is 0 Å². The molecule has 0 aliphatic carbocycles. The number of rotatable bonds is 6. The molecule has 0 saturated heterocycles. The van der Waals surface area contributed by atoms with Gasteiger partial charge in [0.15, 0.2) is 0 Å². The molecular weight excluding hydrogens is 247 g/mol. The Kier molecular flexibility index (Phi) is 5.43. The van der Waals surface area contributed by atoms with E-state index in [1.807, 2.05) is 0 Å². The average Bonchev–Trinajstić information content (AvgIpc) is 2.30. The maximum atomic E-state index is 12.3. The number of benzene rings is 1. The summed E-state index contributed by atoms with van der Waals surface area (Å²) in [4.78, 5) is 0. The van der Waals surface area contributed by atoms with E-state index in [2.05, 4.69) is 10.1 Å². The molecule has 1 aromatic carbocycles. The van der Waals surface area contributed by atoms with Crippen molar-refractivity contribution < 1.29 is 22.6 Å². The highest BCUT2D eigenvalue weighted by Gasteiger charge is 2.32. The number of alkyl halides is 3. The van der Waals surface area contributed by atoms with Crippen LogP contribution in [-0.4, -0.2) is 27.1 Å². The molecule has 3 nitrogen and oxygen atoms in total. The van der Waals surface area contributed by atoms with Gasteiger partial charge in [-0.3, -0.25) is 0 Å². The zero-order chi connectivity index (χ0) is 13.6. The van der Waals surface area contributed by atoms with Crippen LogP contribution in [0.4, 0.5) is 13.2 Å². The molecule has 102 valence electrons. The summed E-state index contributed by atoms with van der Waals surface area (Å²) in [5.74, 6) is -0.180. The molecule has 0 bridgehead atoms. The summed E-state index contributed by atoms with van der Waals surface area (Å²) >= 11 is 0. The van der Waals surface area contributed by atoms with Gasteiger partial charge in [0.1, 0.15) is 5.75 Å². The summed E-state index contributed by atoms with van der Waals surface area (Å²) in [6.07, 6.45) is -4.12. The largest absolute Gasteiger partial charge is 0.573 e. The van der Waals surface area contributed by atoms with Gasteiger partial charge in [0.2, 0.25) is 0 Å². The van der Waals surface area contributed by atoms with E-state index in [0.717, 1.165) is 0 Å². The molecule has 0 spiro atoms. The quantitative estimate of drug-likeness (QED) is 0.856. The van der Waals surface area contributed by atoms with Gasteiger partial charge in [-0.05, 0) is 19.5 Å². The van der Waals surface area contributed by atoms with Crippen molar-refractivity contribution in [2.45, 2.75) is 18.8 Å². The number of nitrogens with one attached hydrogen (secondary N) is 1. The van der Waals surface area contributed by atoms with Crippen LogP contribution in [0.2, 0.25) is 0 Å². The maximum Gasteiger partial charge on any atom is 0.573 e. The number of hydrogen-bond acceptors (Lipinski definition) is 3. The predicted octanol–water partition coefficient (Wildman–Crippen LogP) is 2.88. The molecule has 0 aromatic heterocycles. The van der Waals surface area contributed by atoms with Gasteiger partial charge in [0, 0.05) is 25.3 Å².